The van der Waals surface area contributed by atoms with Crippen molar-refractivity contribution in [3.63, 3.8) is 0 Å². The fourth-order valence-electron chi connectivity index (χ4n) is 1.26. The molecule has 0 heterocycles. The zero-order valence-corrected chi connectivity index (χ0v) is 10.2. The first-order chi connectivity index (χ1) is 7.45. The topological polar surface area (TPSA) is 47.3 Å². The molecular weight excluding hydrogens is 207 g/mol. The molecule has 0 aliphatic carbocycles. The number of ether oxygens (including phenoxy) is 1. The molecule has 4 heteroatoms. The molecule has 1 unspecified atom stereocenters. The van der Waals surface area contributed by atoms with Crippen LogP contribution < -0.4 is 15.8 Å². The second kappa shape index (κ2) is 5.05. The van der Waals surface area contributed by atoms with Crippen molar-refractivity contribution in [2.75, 3.05) is 18.2 Å². The molecular formula is C12H19FN2O. The molecule has 0 fully saturated rings. The van der Waals surface area contributed by atoms with Gasteiger partial charge in [0.15, 0.2) is 11.6 Å². The van der Waals surface area contributed by atoms with Crippen LogP contribution in [0.25, 0.3) is 0 Å². The molecule has 1 rings (SSSR count). The van der Waals surface area contributed by atoms with Gasteiger partial charge in [0.2, 0.25) is 0 Å². The van der Waals surface area contributed by atoms with Gasteiger partial charge in [-0.15, -0.1) is 0 Å². The van der Waals surface area contributed by atoms with Crippen molar-refractivity contribution in [1.82, 2.24) is 0 Å². The summed E-state index contributed by atoms with van der Waals surface area (Å²) in [5.74, 6) is 0.228. The molecule has 3 N–H and O–H groups in total. The van der Waals surface area contributed by atoms with Crippen molar-refractivity contribution in [1.29, 1.82) is 0 Å². The van der Waals surface area contributed by atoms with Gasteiger partial charge in [0, 0.05) is 18.2 Å². The number of nitrogens with one attached hydrogen (secondary N) is 1. The molecule has 0 saturated carbocycles. The molecule has 0 saturated heterocycles. The van der Waals surface area contributed by atoms with Crippen molar-refractivity contribution in [2.45, 2.75) is 26.8 Å². The van der Waals surface area contributed by atoms with Gasteiger partial charge in [-0.1, -0.05) is 13.8 Å². The van der Waals surface area contributed by atoms with Crippen LogP contribution in [0, 0.1) is 11.7 Å². The van der Waals surface area contributed by atoms with E-state index in [1.807, 2.05) is 0 Å². The Morgan fingerprint density at radius 3 is 2.44 bits per heavy atom. The molecule has 0 aliphatic rings. The lowest BCUT2D eigenvalue weighted by molar-refractivity contribution is 0.387. The molecule has 0 radical (unpaired) electrons. The summed E-state index contributed by atoms with van der Waals surface area (Å²) in [6.45, 7) is 6.27. The Bertz CT molecular complexity index is 366. The first-order valence-electron chi connectivity index (χ1n) is 5.35. The highest BCUT2D eigenvalue weighted by molar-refractivity contribution is 5.68. The van der Waals surface area contributed by atoms with Crippen molar-refractivity contribution in [3.8, 4) is 5.75 Å². The third-order valence-corrected chi connectivity index (χ3v) is 2.71. The third-order valence-electron chi connectivity index (χ3n) is 2.71. The summed E-state index contributed by atoms with van der Waals surface area (Å²) in [6, 6.07) is 3.12. The summed E-state index contributed by atoms with van der Waals surface area (Å²) >= 11 is 0. The van der Waals surface area contributed by atoms with Crippen molar-refractivity contribution in [3.05, 3.63) is 17.9 Å². The van der Waals surface area contributed by atoms with E-state index in [9.17, 15) is 4.39 Å². The van der Waals surface area contributed by atoms with Gasteiger partial charge in [0.05, 0.1) is 18.5 Å². The van der Waals surface area contributed by atoms with Gasteiger partial charge in [0.1, 0.15) is 0 Å². The van der Waals surface area contributed by atoms with Gasteiger partial charge in [-0.05, 0) is 12.8 Å². The van der Waals surface area contributed by atoms with E-state index < -0.39 is 5.82 Å². The van der Waals surface area contributed by atoms with E-state index in [0.29, 0.717) is 17.3 Å². The molecule has 90 valence electrons. The lowest BCUT2D eigenvalue weighted by Crippen LogP contribution is -2.22. The lowest BCUT2D eigenvalue weighted by atomic mass is 10.1. The fraction of sp³-hybridized carbons (Fsp3) is 0.500. The Morgan fingerprint density at radius 2 is 1.94 bits per heavy atom. The molecule has 0 spiro atoms. The van der Waals surface area contributed by atoms with Gasteiger partial charge in [-0.25, -0.2) is 4.39 Å². The number of halogens is 1. The van der Waals surface area contributed by atoms with E-state index in [1.54, 1.807) is 6.07 Å². The number of hydrogen-bond acceptors (Lipinski definition) is 3. The second-order valence-electron chi connectivity index (χ2n) is 4.25. The Morgan fingerprint density at radius 1 is 1.31 bits per heavy atom. The Balaban J connectivity index is 2.96. The summed E-state index contributed by atoms with van der Waals surface area (Å²) in [7, 11) is 1.43. The van der Waals surface area contributed by atoms with Gasteiger partial charge >= 0.3 is 0 Å². The average Bonchev–Trinajstić information content (AvgIpc) is 2.21. The van der Waals surface area contributed by atoms with Gasteiger partial charge in [-0.3, -0.25) is 0 Å². The van der Waals surface area contributed by atoms with Crippen molar-refractivity contribution >= 4 is 11.4 Å². The maximum Gasteiger partial charge on any atom is 0.167 e. The molecule has 0 aliphatic heterocycles. The van der Waals surface area contributed by atoms with Crippen LogP contribution in [0.2, 0.25) is 0 Å². The lowest BCUT2D eigenvalue weighted by Gasteiger charge is -2.20. The third kappa shape index (κ3) is 2.78. The Hall–Kier alpha value is -1.45. The van der Waals surface area contributed by atoms with E-state index in [4.69, 9.17) is 10.5 Å². The van der Waals surface area contributed by atoms with Crippen LogP contribution >= 0.6 is 0 Å². The normalized spacial score (nSPS) is 12.6. The molecule has 1 aromatic carbocycles. The van der Waals surface area contributed by atoms with E-state index in [2.05, 4.69) is 26.1 Å². The predicted molar refractivity (Wildman–Crippen MR) is 65.3 cm³/mol. The van der Waals surface area contributed by atoms with Gasteiger partial charge in [-0.2, -0.15) is 0 Å². The fourth-order valence-corrected chi connectivity index (χ4v) is 1.26. The number of rotatable bonds is 4. The minimum absolute atomic E-state index is 0.202. The summed E-state index contributed by atoms with van der Waals surface area (Å²) in [5, 5.41) is 3.24. The minimum atomic E-state index is -0.442. The SMILES string of the molecule is COc1cc(NC(C)C(C)C)c(N)cc1F. The largest absolute Gasteiger partial charge is 0.494 e. The summed E-state index contributed by atoms with van der Waals surface area (Å²) in [6.07, 6.45) is 0. The van der Waals surface area contributed by atoms with Gasteiger partial charge in [0.25, 0.3) is 0 Å². The zero-order valence-electron chi connectivity index (χ0n) is 10.2. The summed E-state index contributed by atoms with van der Waals surface area (Å²) in [4.78, 5) is 0. The summed E-state index contributed by atoms with van der Waals surface area (Å²) in [5.41, 5.74) is 6.84. The first-order valence-corrected chi connectivity index (χ1v) is 5.35. The maximum atomic E-state index is 13.3. The Labute approximate surface area is 95.8 Å². The van der Waals surface area contributed by atoms with E-state index in [0.717, 1.165) is 0 Å². The average molecular weight is 226 g/mol. The predicted octanol–water partition coefficient (Wildman–Crippen LogP) is 2.87. The van der Waals surface area contributed by atoms with E-state index >= 15 is 0 Å². The smallest absolute Gasteiger partial charge is 0.167 e. The van der Waals surface area contributed by atoms with E-state index in [1.165, 1.54) is 13.2 Å². The number of nitrogen functional groups attached to an aromatic ring is 1. The number of benzene rings is 1. The molecule has 0 bridgehead atoms. The number of nitrogens with two attached hydrogens (primary N) is 1. The highest BCUT2D eigenvalue weighted by Gasteiger charge is 2.12. The molecule has 1 aromatic rings. The monoisotopic (exact) mass is 226 g/mol. The number of anilines is 2. The molecule has 0 amide bonds. The molecule has 1 atom stereocenters. The molecule has 3 nitrogen and oxygen atoms in total. The molecule has 16 heavy (non-hydrogen) atoms. The van der Waals surface area contributed by atoms with Crippen LogP contribution in [0.4, 0.5) is 15.8 Å². The Kier molecular flexibility index (Phi) is 3.99. The van der Waals surface area contributed by atoms with Crippen molar-refractivity contribution < 1.29 is 9.13 Å². The molecule has 0 aromatic heterocycles. The van der Waals surface area contributed by atoms with E-state index in [-0.39, 0.29) is 11.8 Å². The first kappa shape index (κ1) is 12.6. The number of hydrogen-bond donors (Lipinski definition) is 2. The quantitative estimate of drug-likeness (QED) is 0.776. The van der Waals surface area contributed by atoms with Crippen LogP contribution in [0.1, 0.15) is 20.8 Å². The van der Waals surface area contributed by atoms with Gasteiger partial charge < -0.3 is 15.8 Å². The minimum Gasteiger partial charge on any atom is -0.494 e. The number of methoxy groups -OCH3 is 1. The van der Waals surface area contributed by atoms with Crippen LogP contribution in [0.5, 0.6) is 5.75 Å². The standard InChI is InChI=1S/C12H19FN2O/c1-7(2)8(3)15-11-6-12(16-4)9(13)5-10(11)14/h5-8,15H,14H2,1-4H3. The van der Waals surface area contributed by atoms with Crippen LogP contribution in [-0.2, 0) is 0 Å². The second-order valence-corrected chi connectivity index (χ2v) is 4.25. The highest BCUT2D eigenvalue weighted by atomic mass is 19.1. The van der Waals surface area contributed by atoms with Crippen molar-refractivity contribution in [2.24, 2.45) is 5.92 Å². The zero-order chi connectivity index (χ0) is 12.3. The maximum absolute atomic E-state index is 13.3. The van der Waals surface area contributed by atoms with Crippen LogP contribution in [0.15, 0.2) is 12.1 Å². The highest BCUT2D eigenvalue weighted by Crippen LogP contribution is 2.29. The van der Waals surface area contributed by atoms with Crippen LogP contribution in [0.3, 0.4) is 0 Å². The van der Waals surface area contributed by atoms with Crippen LogP contribution in [-0.4, -0.2) is 13.2 Å². The summed E-state index contributed by atoms with van der Waals surface area (Å²) < 4.78 is 18.2.